The van der Waals surface area contributed by atoms with Crippen LogP contribution >= 0.6 is 23.2 Å². The summed E-state index contributed by atoms with van der Waals surface area (Å²) in [6.45, 7) is -3.02. The van der Waals surface area contributed by atoms with Crippen molar-refractivity contribution in [1.82, 2.24) is 10.6 Å². The lowest BCUT2D eigenvalue weighted by molar-refractivity contribution is -0.150. The number of carbonyl (C=O) groups excluding carboxylic acids is 3. The van der Waals surface area contributed by atoms with Gasteiger partial charge in [-0.2, -0.15) is 13.2 Å². The Balaban J connectivity index is 2.35. The van der Waals surface area contributed by atoms with Crippen molar-refractivity contribution in [2.45, 2.75) is 6.18 Å². The average Bonchev–Trinajstić information content (AvgIpc) is 2.47. The molecule has 1 aromatic carbocycles. The second-order valence-electron chi connectivity index (χ2n) is 4.36. The van der Waals surface area contributed by atoms with Crippen molar-refractivity contribution >= 4 is 41.0 Å². The molecule has 2 amide bonds. The standard InChI is InChI=1S/C13H11Cl2F3N2O4/c14-7-1-2-8(9(15)3-7)12(23)19-4-11(22)24-5-10(21)20-6-13(16,17)18/h1-3H,4-6H2,(H,19,23)(H,20,21). The van der Waals surface area contributed by atoms with Gasteiger partial charge >= 0.3 is 12.1 Å². The van der Waals surface area contributed by atoms with E-state index in [9.17, 15) is 27.6 Å². The fraction of sp³-hybridized carbons (Fsp3) is 0.308. The van der Waals surface area contributed by atoms with Crippen molar-refractivity contribution in [3.63, 3.8) is 0 Å². The van der Waals surface area contributed by atoms with Crippen LogP contribution in [0.25, 0.3) is 0 Å². The smallest absolute Gasteiger partial charge is 0.405 e. The molecule has 0 unspecified atom stereocenters. The zero-order chi connectivity index (χ0) is 18.3. The molecule has 1 rings (SSSR count). The molecule has 0 saturated heterocycles. The number of hydrogen-bond acceptors (Lipinski definition) is 4. The summed E-state index contributed by atoms with van der Waals surface area (Å²) in [5.41, 5.74) is 0.0665. The number of benzene rings is 1. The molecule has 0 aliphatic rings. The second-order valence-corrected chi connectivity index (χ2v) is 5.20. The van der Waals surface area contributed by atoms with Crippen LogP contribution in [0.4, 0.5) is 13.2 Å². The molecule has 132 valence electrons. The van der Waals surface area contributed by atoms with E-state index in [-0.39, 0.29) is 10.6 Å². The highest BCUT2D eigenvalue weighted by molar-refractivity contribution is 6.36. The van der Waals surface area contributed by atoms with E-state index in [1.54, 1.807) is 0 Å². The maximum Gasteiger partial charge on any atom is 0.405 e. The van der Waals surface area contributed by atoms with E-state index in [0.717, 1.165) is 0 Å². The molecular weight excluding hydrogens is 376 g/mol. The number of ether oxygens (including phenoxy) is 1. The summed E-state index contributed by atoms with van der Waals surface area (Å²) in [6.07, 6.45) is -4.56. The minimum Gasteiger partial charge on any atom is -0.454 e. The predicted octanol–water partition coefficient (Wildman–Crippen LogP) is 1.94. The SMILES string of the molecule is O=C(COC(=O)CNC(=O)c1ccc(Cl)cc1Cl)NCC(F)(F)F. The number of alkyl halides is 3. The first-order chi connectivity index (χ1) is 11.1. The van der Waals surface area contributed by atoms with Gasteiger partial charge in [0.2, 0.25) is 0 Å². The van der Waals surface area contributed by atoms with Crippen LogP contribution in [-0.2, 0) is 14.3 Å². The van der Waals surface area contributed by atoms with Crippen LogP contribution in [-0.4, -0.2) is 43.7 Å². The van der Waals surface area contributed by atoms with Gasteiger partial charge in [0.1, 0.15) is 13.1 Å². The summed E-state index contributed by atoms with van der Waals surface area (Å²) < 4.78 is 40.0. The third kappa shape index (κ3) is 7.51. The third-order valence-corrected chi connectivity index (χ3v) is 2.97. The topological polar surface area (TPSA) is 84.5 Å². The van der Waals surface area contributed by atoms with E-state index in [1.165, 1.54) is 23.5 Å². The quantitative estimate of drug-likeness (QED) is 0.731. The minimum atomic E-state index is -4.56. The largest absolute Gasteiger partial charge is 0.454 e. The zero-order valence-corrected chi connectivity index (χ0v) is 13.4. The molecule has 0 bridgehead atoms. The number of amides is 2. The summed E-state index contributed by atoms with van der Waals surface area (Å²) in [5, 5.41) is 4.10. The number of rotatable bonds is 6. The maximum atomic E-state index is 11.9. The van der Waals surface area contributed by atoms with Gasteiger partial charge < -0.3 is 15.4 Å². The Morgan fingerprint density at radius 3 is 2.38 bits per heavy atom. The van der Waals surface area contributed by atoms with E-state index >= 15 is 0 Å². The molecule has 2 N–H and O–H groups in total. The van der Waals surface area contributed by atoms with Crippen LogP contribution in [0.1, 0.15) is 10.4 Å². The van der Waals surface area contributed by atoms with E-state index in [0.29, 0.717) is 5.02 Å². The highest BCUT2D eigenvalue weighted by atomic mass is 35.5. The van der Waals surface area contributed by atoms with Gasteiger partial charge in [0.05, 0.1) is 10.6 Å². The molecule has 0 aromatic heterocycles. The van der Waals surface area contributed by atoms with Crippen molar-refractivity contribution in [2.24, 2.45) is 0 Å². The molecule has 0 saturated carbocycles. The van der Waals surface area contributed by atoms with E-state index < -0.39 is 43.7 Å². The van der Waals surface area contributed by atoms with E-state index in [1.807, 2.05) is 0 Å². The molecule has 0 aliphatic carbocycles. The van der Waals surface area contributed by atoms with E-state index in [4.69, 9.17) is 23.2 Å². The maximum absolute atomic E-state index is 11.9. The van der Waals surface area contributed by atoms with Crippen LogP contribution in [0.5, 0.6) is 0 Å². The Kier molecular flexibility index (Phi) is 7.30. The zero-order valence-electron chi connectivity index (χ0n) is 11.9. The Morgan fingerprint density at radius 2 is 1.79 bits per heavy atom. The van der Waals surface area contributed by atoms with Crippen LogP contribution in [0.15, 0.2) is 18.2 Å². The van der Waals surface area contributed by atoms with Crippen molar-refractivity contribution in [3.05, 3.63) is 33.8 Å². The molecule has 1 aromatic rings. The van der Waals surface area contributed by atoms with Crippen LogP contribution < -0.4 is 10.6 Å². The summed E-state index contributed by atoms with van der Waals surface area (Å²) in [5.74, 6) is -2.81. The third-order valence-electron chi connectivity index (χ3n) is 2.42. The number of carbonyl (C=O) groups is 3. The van der Waals surface area contributed by atoms with Crippen molar-refractivity contribution in [1.29, 1.82) is 0 Å². The lowest BCUT2D eigenvalue weighted by atomic mass is 10.2. The Bertz CT molecular complexity index is 638. The highest BCUT2D eigenvalue weighted by Gasteiger charge is 2.27. The summed E-state index contributed by atoms with van der Waals surface area (Å²) >= 11 is 11.5. The van der Waals surface area contributed by atoms with Crippen LogP contribution in [0.2, 0.25) is 10.0 Å². The Hall–Kier alpha value is -2.00. The van der Waals surface area contributed by atoms with Gasteiger partial charge in [-0.3, -0.25) is 14.4 Å². The molecule has 6 nitrogen and oxygen atoms in total. The predicted molar refractivity (Wildman–Crippen MR) is 78.8 cm³/mol. The molecule has 0 spiro atoms. The number of esters is 1. The summed E-state index contributed by atoms with van der Waals surface area (Å²) in [4.78, 5) is 34.1. The molecule has 0 fully saturated rings. The summed E-state index contributed by atoms with van der Waals surface area (Å²) in [6, 6.07) is 4.10. The van der Waals surface area contributed by atoms with Crippen LogP contribution in [0, 0.1) is 0 Å². The van der Waals surface area contributed by atoms with Crippen molar-refractivity contribution in [3.8, 4) is 0 Å². The van der Waals surface area contributed by atoms with Gasteiger partial charge in [-0.25, -0.2) is 0 Å². The monoisotopic (exact) mass is 386 g/mol. The Morgan fingerprint density at radius 1 is 1.12 bits per heavy atom. The lowest BCUT2D eigenvalue weighted by Crippen LogP contribution is -2.37. The normalized spacial score (nSPS) is 10.9. The van der Waals surface area contributed by atoms with Crippen molar-refractivity contribution in [2.75, 3.05) is 19.7 Å². The van der Waals surface area contributed by atoms with Gasteiger partial charge in [-0.15, -0.1) is 0 Å². The fourth-order valence-electron chi connectivity index (χ4n) is 1.37. The molecule has 0 atom stereocenters. The molecule has 0 aliphatic heterocycles. The van der Waals surface area contributed by atoms with Crippen LogP contribution in [0.3, 0.4) is 0 Å². The molecule has 11 heteroatoms. The van der Waals surface area contributed by atoms with Gasteiger partial charge in [0, 0.05) is 5.02 Å². The molecule has 0 radical (unpaired) electrons. The molecule has 24 heavy (non-hydrogen) atoms. The van der Waals surface area contributed by atoms with Gasteiger partial charge in [0.15, 0.2) is 6.61 Å². The average molecular weight is 387 g/mol. The number of nitrogens with one attached hydrogen (secondary N) is 2. The highest BCUT2D eigenvalue weighted by Crippen LogP contribution is 2.20. The molecular formula is C13H11Cl2F3N2O4. The van der Waals surface area contributed by atoms with Gasteiger partial charge in [-0.05, 0) is 18.2 Å². The number of hydrogen-bond donors (Lipinski definition) is 2. The molecule has 0 heterocycles. The first kappa shape index (κ1) is 20.0. The Labute approximate surface area is 144 Å². The van der Waals surface area contributed by atoms with E-state index in [2.05, 4.69) is 10.1 Å². The van der Waals surface area contributed by atoms with Gasteiger partial charge in [0.25, 0.3) is 11.8 Å². The number of halogens is 5. The van der Waals surface area contributed by atoms with Gasteiger partial charge in [-0.1, -0.05) is 23.2 Å². The first-order valence-corrected chi connectivity index (χ1v) is 7.06. The second kappa shape index (κ2) is 8.74. The fourth-order valence-corrected chi connectivity index (χ4v) is 1.86. The first-order valence-electron chi connectivity index (χ1n) is 6.31. The summed E-state index contributed by atoms with van der Waals surface area (Å²) in [7, 11) is 0. The van der Waals surface area contributed by atoms with Crippen molar-refractivity contribution < 1.29 is 32.3 Å². The lowest BCUT2D eigenvalue weighted by Gasteiger charge is -2.09. The minimum absolute atomic E-state index is 0.0665.